The van der Waals surface area contributed by atoms with Gasteiger partial charge in [0.2, 0.25) is 0 Å². The van der Waals surface area contributed by atoms with Crippen molar-refractivity contribution in [2.24, 2.45) is 0 Å². The molecule has 3 unspecified atom stereocenters. The summed E-state index contributed by atoms with van der Waals surface area (Å²) < 4.78 is 16.9. The summed E-state index contributed by atoms with van der Waals surface area (Å²) in [6, 6.07) is 36.0. The summed E-state index contributed by atoms with van der Waals surface area (Å²) in [6.07, 6.45) is 2.24. The minimum absolute atomic E-state index is 0. The molecule has 3 atom stereocenters. The van der Waals surface area contributed by atoms with Crippen LogP contribution in [0.5, 0.6) is 51.7 Å². The van der Waals surface area contributed by atoms with E-state index in [0.29, 0.717) is 42.8 Å². The van der Waals surface area contributed by atoms with Crippen LogP contribution in [-0.2, 0) is 6.42 Å². The number of benzene rings is 6. The quantitative estimate of drug-likeness (QED) is 0.0920. The molecule has 3 aliphatic heterocycles. The van der Waals surface area contributed by atoms with E-state index in [9.17, 15) is 35.7 Å². The average Bonchev–Trinajstić information content (AvgIpc) is 3.19. The molecule has 10 heteroatoms. The summed E-state index contributed by atoms with van der Waals surface area (Å²) in [5.41, 5.74) is 6.86. The standard InChI is InChI=1S/C15H14O4.C15H14O3.C15H12O3.2CH4/c16-10-3-1-9(2-4-10)13-8-19-14-7-11(17)5-6-12(14)15(13)18;2*16-13-4-1-10(2-5-13)12-7-11-3-6-14(17)8-15(11)18-9-12;;/h1-7,13,15-18H,8H2;1-6,8,12,16-17H,7,9H2;1-8,16-17H,9H2;2*1H4. The molecule has 0 amide bonds. The molecular formula is C47H48O10. The third kappa shape index (κ3) is 9.91. The lowest BCUT2D eigenvalue weighted by atomic mass is 9.87. The number of rotatable bonds is 3. The topological polar surface area (TPSA) is 169 Å². The molecule has 6 aromatic rings. The van der Waals surface area contributed by atoms with Crippen molar-refractivity contribution in [1.29, 1.82) is 0 Å². The lowest BCUT2D eigenvalue weighted by Gasteiger charge is -2.30. The Morgan fingerprint density at radius 3 is 1.63 bits per heavy atom. The highest BCUT2D eigenvalue weighted by atomic mass is 16.5. The summed E-state index contributed by atoms with van der Waals surface area (Å²) in [7, 11) is 0. The maximum absolute atomic E-state index is 10.4. The molecule has 7 N–H and O–H groups in total. The Hall–Kier alpha value is -6.78. The van der Waals surface area contributed by atoms with Gasteiger partial charge in [-0.15, -0.1) is 0 Å². The van der Waals surface area contributed by atoms with Gasteiger partial charge in [-0.3, -0.25) is 0 Å². The molecule has 0 fully saturated rings. The van der Waals surface area contributed by atoms with E-state index in [1.807, 2.05) is 42.5 Å². The highest BCUT2D eigenvalue weighted by Crippen LogP contribution is 2.42. The van der Waals surface area contributed by atoms with Crippen molar-refractivity contribution >= 4 is 11.6 Å². The Bertz CT molecular complexity index is 2280. The summed E-state index contributed by atoms with van der Waals surface area (Å²) in [5, 5.41) is 66.4. The van der Waals surface area contributed by atoms with Crippen molar-refractivity contribution in [3.05, 3.63) is 161 Å². The number of hydrogen-bond donors (Lipinski definition) is 7. The van der Waals surface area contributed by atoms with Crippen molar-refractivity contribution < 1.29 is 50.0 Å². The number of aromatic hydroxyl groups is 6. The minimum Gasteiger partial charge on any atom is -0.508 e. The minimum atomic E-state index is -0.686. The number of hydrogen-bond acceptors (Lipinski definition) is 10. The molecule has 0 aromatic heterocycles. The Morgan fingerprint density at radius 1 is 0.474 bits per heavy atom. The van der Waals surface area contributed by atoms with Gasteiger partial charge < -0.3 is 50.0 Å². The Morgan fingerprint density at radius 2 is 0.982 bits per heavy atom. The van der Waals surface area contributed by atoms with E-state index in [2.05, 4.69) is 0 Å². The average molecular weight is 773 g/mol. The second-order valence-corrected chi connectivity index (χ2v) is 13.5. The van der Waals surface area contributed by atoms with Crippen molar-refractivity contribution in [3.63, 3.8) is 0 Å². The van der Waals surface area contributed by atoms with E-state index in [1.54, 1.807) is 78.9 Å². The molecule has 57 heavy (non-hydrogen) atoms. The summed E-state index contributed by atoms with van der Waals surface area (Å²) in [5.74, 6) is 3.37. The molecule has 296 valence electrons. The lowest BCUT2D eigenvalue weighted by Crippen LogP contribution is -2.24. The van der Waals surface area contributed by atoms with Crippen LogP contribution in [0.1, 0.15) is 66.2 Å². The second kappa shape index (κ2) is 18.2. The van der Waals surface area contributed by atoms with Crippen LogP contribution in [0.15, 0.2) is 127 Å². The monoisotopic (exact) mass is 772 g/mol. The zero-order valence-corrected chi connectivity index (χ0v) is 29.6. The van der Waals surface area contributed by atoms with E-state index < -0.39 is 6.10 Å². The molecule has 0 saturated carbocycles. The molecule has 6 aromatic carbocycles. The molecule has 0 saturated heterocycles. The number of fused-ring (bicyclic) bond motifs is 3. The Balaban J connectivity index is 0.000000160. The van der Waals surface area contributed by atoms with E-state index in [4.69, 9.17) is 14.2 Å². The zero-order chi connectivity index (χ0) is 38.5. The number of aliphatic hydroxyl groups is 1. The van der Waals surface area contributed by atoms with Crippen LogP contribution < -0.4 is 14.2 Å². The molecule has 9 rings (SSSR count). The highest BCUT2D eigenvalue weighted by molar-refractivity contribution is 5.85. The van der Waals surface area contributed by atoms with Crippen LogP contribution in [0.3, 0.4) is 0 Å². The maximum Gasteiger partial charge on any atom is 0.130 e. The first-order chi connectivity index (χ1) is 26.6. The largest absolute Gasteiger partial charge is 0.508 e. The molecule has 10 nitrogen and oxygen atoms in total. The van der Waals surface area contributed by atoms with E-state index >= 15 is 0 Å². The molecule has 3 aliphatic rings. The Labute approximate surface area is 332 Å². The predicted octanol–water partition coefficient (Wildman–Crippen LogP) is 9.43. The molecular weight excluding hydrogens is 725 g/mol. The second-order valence-electron chi connectivity index (χ2n) is 13.5. The molecule has 0 spiro atoms. The van der Waals surface area contributed by atoms with Crippen LogP contribution in [0.4, 0.5) is 0 Å². The van der Waals surface area contributed by atoms with Gasteiger partial charge in [0.1, 0.15) is 58.4 Å². The van der Waals surface area contributed by atoms with Crippen LogP contribution in [-0.4, -0.2) is 55.6 Å². The molecule has 0 radical (unpaired) electrons. The molecule has 0 bridgehead atoms. The number of ether oxygens (including phenoxy) is 3. The van der Waals surface area contributed by atoms with E-state index in [-0.39, 0.29) is 55.3 Å². The van der Waals surface area contributed by atoms with Gasteiger partial charge in [-0.1, -0.05) is 57.3 Å². The van der Waals surface area contributed by atoms with Crippen LogP contribution in [0.2, 0.25) is 0 Å². The fraction of sp³-hybridized carbons (Fsp3) is 0.191. The zero-order valence-electron chi connectivity index (χ0n) is 29.6. The van der Waals surface area contributed by atoms with Crippen molar-refractivity contribution in [1.82, 2.24) is 0 Å². The molecule has 3 heterocycles. The third-order valence-electron chi connectivity index (χ3n) is 9.71. The fourth-order valence-corrected chi connectivity index (χ4v) is 6.70. The lowest BCUT2D eigenvalue weighted by molar-refractivity contribution is 0.0887. The first kappa shape index (κ1) is 41.4. The molecule has 0 aliphatic carbocycles. The fourth-order valence-electron chi connectivity index (χ4n) is 6.70. The number of aliphatic hydroxyl groups excluding tert-OH is 1. The smallest absolute Gasteiger partial charge is 0.130 e. The van der Waals surface area contributed by atoms with Gasteiger partial charge in [-0.05, 0) is 107 Å². The van der Waals surface area contributed by atoms with Crippen LogP contribution in [0, 0.1) is 0 Å². The Kier molecular flexibility index (Phi) is 13.2. The highest BCUT2D eigenvalue weighted by Gasteiger charge is 2.31. The predicted molar refractivity (Wildman–Crippen MR) is 221 cm³/mol. The van der Waals surface area contributed by atoms with Gasteiger partial charge in [0.25, 0.3) is 0 Å². The normalized spacial score (nSPS) is 17.1. The number of phenols is 6. The van der Waals surface area contributed by atoms with Crippen molar-refractivity contribution in [2.45, 2.75) is 39.2 Å². The SMILES string of the molecule is C.C.Oc1ccc(C2=Cc3ccc(O)cc3OC2)cc1.Oc1ccc(C2COc3cc(O)ccc3C2)cc1.Oc1ccc(C2COc3cc(O)ccc3C2O)cc1. The van der Waals surface area contributed by atoms with Gasteiger partial charge in [-0.2, -0.15) is 0 Å². The summed E-state index contributed by atoms with van der Waals surface area (Å²) >= 11 is 0. The van der Waals surface area contributed by atoms with Gasteiger partial charge in [0.05, 0.1) is 19.3 Å². The number of phenolic OH excluding ortho intramolecular Hbond substituents is 6. The van der Waals surface area contributed by atoms with Crippen LogP contribution >= 0.6 is 0 Å². The third-order valence-corrected chi connectivity index (χ3v) is 9.71. The summed E-state index contributed by atoms with van der Waals surface area (Å²) in [4.78, 5) is 0. The first-order valence-electron chi connectivity index (χ1n) is 17.7. The maximum atomic E-state index is 10.4. The van der Waals surface area contributed by atoms with Crippen LogP contribution in [0.25, 0.3) is 11.6 Å². The summed E-state index contributed by atoms with van der Waals surface area (Å²) in [6.45, 7) is 1.39. The van der Waals surface area contributed by atoms with Crippen molar-refractivity contribution in [3.8, 4) is 51.7 Å². The first-order valence-corrected chi connectivity index (χ1v) is 17.7. The van der Waals surface area contributed by atoms with E-state index in [0.717, 1.165) is 45.6 Å². The van der Waals surface area contributed by atoms with Gasteiger partial charge in [0, 0.05) is 41.2 Å². The van der Waals surface area contributed by atoms with Gasteiger partial charge >= 0.3 is 0 Å². The van der Waals surface area contributed by atoms with Crippen molar-refractivity contribution in [2.75, 3.05) is 19.8 Å². The van der Waals surface area contributed by atoms with E-state index in [1.165, 1.54) is 12.1 Å². The van der Waals surface area contributed by atoms with Gasteiger partial charge in [0.15, 0.2) is 0 Å². The van der Waals surface area contributed by atoms with Gasteiger partial charge in [-0.25, -0.2) is 0 Å².